The minimum atomic E-state index is -4.97. The highest BCUT2D eigenvalue weighted by Gasteiger charge is 2.30. The molecule has 0 saturated heterocycles. The smallest absolute Gasteiger partial charge is 0.462 e. The van der Waals surface area contributed by atoms with Gasteiger partial charge in [0, 0.05) is 25.7 Å². The molecule has 0 aromatic carbocycles. The van der Waals surface area contributed by atoms with Crippen LogP contribution in [0, 0.1) is 17.8 Å². The van der Waals surface area contributed by atoms with Gasteiger partial charge in [-0.15, -0.1) is 0 Å². The number of unbranched alkanes of at least 4 members (excludes halogenated alkanes) is 41. The molecule has 100 heavy (non-hydrogen) atoms. The van der Waals surface area contributed by atoms with Crippen molar-refractivity contribution in [3.05, 3.63) is 24.3 Å². The van der Waals surface area contributed by atoms with E-state index in [-0.39, 0.29) is 25.7 Å². The largest absolute Gasteiger partial charge is 0.472 e. The van der Waals surface area contributed by atoms with Crippen LogP contribution >= 0.6 is 15.6 Å². The number of phosphoric ester groups is 2. The number of carbonyl (C=O) groups excluding carboxylic acids is 4. The van der Waals surface area contributed by atoms with Gasteiger partial charge in [-0.3, -0.25) is 37.3 Å². The number of hydrogen-bond donors (Lipinski definition) is 3. The second kappa shape index (κ2) is 70.8. The highest BCUT2D eigenvalue weighted by Crippen LogP contribution is 2.45. The maximum atomic E-state index is 13.1. The highest BCUT2D eigenvalue weighted by atomic mass is 31.2. The fraction of sp³-hybridized carbons (Fsp3) is 0.901. The Morgan fingerprint density at radius 2 is 0.590 bits per heavy atom. The molecule has 0 aliphatic carbocycles. The van der Waals surface area contributed by atoms with E-state index < -0.39 is 97.5 Å². The zero-order valence-corrected chi connectivity index (χ0v) is 66.9. The number of aliphatic hydroxyl groups excluding tert-OH is 1. The van der Waals surface area contributed by atoms with E-state index in [1.54, 1.807) is 0 Å². The predicted molar refractivity (Wildman–Crippen MR) is 409 cm³/mol. The fourth-order valence-corrected chi connectivity index (χ4v) is 13.5. The monoisotopic (exact) mass is 1460 g/mol. The number of esters is 4. The van der Waals surface area contributed by atoms with E-state index in [1.165, 1.54) is 186 Å². The van der Waals surface area contributed by atoms with Crippen LogP contribution in [-0.2, 0) is 65.4 Å². The van der Waals surface area contributed by atoms with E-state index in [0.29, 0.717) is 25.7 Å². The van der Waals surface area contributed by atoms with Gasteiger partial charge >= 0.3 is 39.5 Å². The lowest BCUT2D eigenvalue weighted by Crippen LogP contribution is -2.30. The second-order valence-corrected chi connectivity index (χ2v) is 32.6. The molecule has 590 valence electrons. The molecule has 0 aromatic rings. The molecule has 0 spiro atoms. The average Bonchev–Trinajstić information content (AvgIpc) is 0.929. The van der Waals surface area contributed by atoms with Crippen molar-refractivity contribution >= 4 is 39.5 Å². The molecule has 0 bridgehead atoms. The highest BCUT2D eigenvalue weighted by molar-refractivity contribution is 7.47. The van der Waals surface area contributed by atoms with Crippen LogP contribution < -0.4 is 0 Å². The Labute approximate surface area is 612 Å². The average molecular weight is 1460 g/mol. The maximum absolute atomic E-state index is 13.1. The Balaban J connectivity index is 5.27. The van der Waals surface area contributed by atoms with E-state index in [0.717, 1.165) is 127 Å². The molecule has 0 heterocycles. The summed E-state index contributed by atoms with van der Waals surface area (Å²) in [5.74, 6) is 0.185. The van der Waals surface area contributed by atoms with Crippen LogP contribution in [0.25, 0.3) is 0 Å². The SMILES string of the molecule is CCCCCC/C=C\C=C/CCCCCCCC(=O)O[C@H](COC(=O)CCCCCCCCCCCCCCCCCC(C)C)COP(=O)(O)OC[C@@H](O)COP(=O)(O)OC[C@@H](COC(=O)CCCCCCCCC(C)CC)OC(=O)CCCCCCCCCCCCCCCCC(C)C. The summed E-state index contributed by atoms with van der Waals surface area (Å²) in [6.07, 6.45) is 61.9. The Morgan fingerprint density at radius 1 is 0.330 bits per heavy atom. The fourth-order valence-electron chi connectivity index (χ4n) is 11.9. The van der Waals surface area contributed by atoms with Crippen molar-refractivity contribution in [2.24, 2.45) is 17.8 Å². The number of allylic oxidation sites excluding steroid dienone is 4. The molecule has 0 aromatic heterocycles. The standard InChI is InChI=1S/C81H154O17P2/c1-8-10-11-12-13-14-15-16-18-26-31-36-41-50-57-64-80(85)97-76(68-91-78(83)62-55-48-40-35-30-25-20-17-19-23-28-33-38-45-52-59-72(3)4)70-95-99(87,88)93-66-75(82)67-94-100(89,90)96-71-77(69-92-79(84)63-56-49-44-43-47-54-61-74(7)9-2)98-81(86)65-58-51-42-37-32-27-22-21-24-29-34-39-46-53-60-73(5)6/h14-16,18,72-77,82H,8-13,17,19-71H2,1-7H3,(H,87,88)(H,89,90)/b15-14-,18-16-/t74?,75-,76-,77-/m1/s1. The van der Waals surface area contributed by atoms with Crippen LogP contribution in [-0.4, -0.2) is 96.7 Å². The van der Waals surface area contributed by atoms with E-state index in [4.69, 9.17) is 37.0 Å². The normalized spacial score (nSPS) is 14.4. The van der Waals surface area contributed by atoms with Gasteiger partial charge < -0.3 is 33.8 Å². The summed E-state index contributed by atoms with van der Waals surface area (Å²) >= 11 is 0. The van der Waals surface area contributed by atoms with Crippen molar-refractivity contribution < 1.29 is 80.2 Å². The first-order valence-corrected chi connectivity index (χ1v) is 44.2. The Morgan fingerprint density at radius 3 is 0.890 bits per heavy atom. The summed E-state index contributed by atoms with van der Waals surface area (Å²) in [5, 5.41) is 10.6. The summed E-state index contributed by atoms with van der Waals surface area (Å²) in [5.41, 5.74) is 0. The van der Waals surface area contributed by atoms with E-state index in [9.17, 15) is 43.2 Å². The van der Waals surface area contributed by atoms with Crippen LogP contribution in [0.15, 0.2) is 24.3 Å². The summed E-state index contributed by atoms with van der Waals surface area (Å²) < 4.78 is 68.7. The van der Waals surface area contributed by atoms with Gasteiger partial charge in [0.05, 0.1) is 26.4 Å². The van der Waals surface area contributed by atoms with Gasteiger partial charge in [-0.2, -0.15) is 0 Å². The number of ether oxygens (including phenoxy) is 4. The molecule has 0 saturated carbocycles. The second-order valence-electron chi connectivity index (χ2n) is 29.7. The summed E-state index contributed by atoms with van der Waals surface area (Å²) in [7, 11) is -9.93. The molecule has 0 radical (unpaired) electrons. The Kier molecular flexibility index (Phi) is 69.1. The first-order chi connectivity index (χ1) is 48.3. The number of hydrogen-bond acceptors (Lipinski definition) is 15. The first-order valence-electron chi connectivity index (χ1n) is 41.2. The lowest BCUT2D eigenvalue weighted by molar-refractivity contribution is -0.161. The molecular formula is C81H154O17P2. The van der Waals surface area contributed by atoms with E-state index in [2.05, 4.69) is 72.8 Å². The van der Waals surface area contributed by atoms with Crippen molar-refractivity contribution in [2.75, 3.05) is 39.6 Å². The van der Waals surface area contributed by atoms with Gasteiger partial charge in [-0.1, -0.05) is 342 Å². The topological polar surface area (TPSA) is 237 Å². The Bertz CT molecular complexity index is 2040. The zero-order valence-electron chi connectivity index (χ0n) is 65.2. The molecule has 0 amide bonds. The molecule has 0 aliphatic rings. The van der Waals surface area contributed by atoms with Crippen molar-refractivity contribution in [3.8, 4) is 0 Å². The van der Waals surface area contributed by atoms with Gasteiger partial charge in [0.15, 0.2) is 12.2 Å². The molecule has 0 fully saturated rings. The van der Waals surface area contributed by atoms with Crippen molar-refractivity contribution in [1.82, 2.24) is 0 Å². The van der Waals surface area contributed by atoms with Gasteiger partial charge in [-0.25, -0.2) is 9.13 Å². The quantitative estimate of drug-likeness (QED) is 0.0169. The molecule has 17 nitrogen and oxygen atoms in total. The number of rotatable bonds is 77. The molecule has 19 heteroatoms. The maximum Gasteiger partial charge on any atom is 0.472 e. The van der Waals surface area contributed by atoms with Crippen LogP contribution in [0.3, 0.4) is 0 Å². The van der Waals surface area contributed by atoms with Crippen LogP contribution in [0.1, 0.15) is 395 Å². The minimum absolute atomic E-state index is 0.0851. The van der Waals surface area contributed by atoms with Gasteiger partial charge in [0.2, 0.25) is 0 Å². The summed E-state index contributed by atoms with van der Waals surface area (Å²) in [6, 6.07) is 0. The third-order valence-corrected chi connectivity index (χ3v) is 20.5. The predicted octanol–water partition coefficient (Wildman–Crippen LogP) is 23.7. The molecule has 3 unspecified atom stereocenters. The minimum Gasteiger partial charge on any atom is -0.462 e. The van der Waals surface area contributed by atoms with Crippen LogP contribution in [0.2, 0.25) is 0 Å². The number of carbonyl (C=O) groups is 4. The molecule has 0 aliphatic heterocycles. The van der Waals surface area contributed by atoms with Crippen molar-refractivity contribution in [2.45, 2.75) is 414 Å². The third kappa shape index (κ3) is 72.5. The molecule has 6 atom stereocenters. The van der Waals surface area contributed by atoms with Crippen molar-refractivity contribution in [3.63, 3.8) is 0 Å². The molecular weight excluding hydrogens is 1310 g/mol. The van der Waals surface area contributed by atoms with E-state index >= 15 is 0 Å². The van der Waals surface area contributed by atoms with E-state index in [1.807, 2.05) is 0 Å². The molecule has 0 rings (SSSR count). The Hall–Kier alpha value is -2.46. The molecule has 3 N–H and O–H groups in total. The van der Waals surface area contributed by atoms with Gasteiger partial charge in [-0.05, 0) is 69.1 Å². The van der Waals surface area contributed by atoms with Gasteiger partial charge in [0.25, 0.3) is 0 Å². The first kappa shape index (κ1) is 97.5. The lowest BCUT2D eigenvalue weighted by Gasteiger charge is -2.21. The summed E-state index contributed by atoms with van der Waals surface area (Å²) in [6.45, 7) is 11.9. The number of phosphoric acid groups is 2. The zero-order chi connectivity index (χ0) is 73.7. The van der Waals surface area contributed by atoms with Crippen LogP contribution in [0.4, 0.5) is 0 Å². The van der Waals surface area contributed by atoms with Gasteiger partial charge in [0.1, 0.15) is 19.3 Å². The number of aliphatic hydroxyl groups is 1. The third-order valence-electron chi connectivity index (χ3n) is 18.6. The van der Waals surface area contributed by atoms with Crippen LogP contribution in [0.5, 0.6) is 0 Å². The lowest BCUT2D eigenvalue weighted by atomic mass is 10.00. The summed E-state index contributed by atoms with van der Waals surface area (Å²) in [4.78, 5) is 73.0. The van der Waals surface area contributed by atoms with Crippen molar-refractivity contribution in [1.29, 1.82) is 0 Å².